The summed E-state index contributed by atoms with van der Waals surface area (Å²) < 4.78 is 0. The van der Waals surface area contributed by atoms with Crippen LogP contribution in [0.3, 0.4) is 0 Å². The maximum atomic E-state index is 2.59. The summed E-state index contributed by atoms with van der Waals surface area (Å²) in [6.45, 7) is 11.8. The van der Waals surface area contributed by atoms with Crippen molar-refractivity contribution in [3.63, 3.8) is 0 Å². The van der Waals surface area contributed by atoms with Crippen molar-refractivity contribution in [2.45, 2.75) is 57.2 Å². The highest BCUT2D eigenvalue weighted by Gasteiger charge is 2.41. The van der Waals surface area contributed by atoms with Gasteiger partial charge in [-0.05, 0) is 95.5 Å². The second-order valence-electron chi connectivity index (χ2n) is 13.5. The minimum Gasteiger partial charge on any atom is -0.377 e. The Morgan fingerprint density at radius 1 is 0.545 bits per heavy atom. The van der Waals surface area contributed by atoms with Crippen LogP contribution in [0.4, 0.5) is 11.4 Å². The van der Waals surface area contributed by atoms with Gasteiger partial charge in [0.15, 0.2) is 0 Å². The van der Waals surface area contributed by atoms with E-state index in [9.17, 15) is 0 Å². The summed E-state index contributed by atoms with van der Waals surface area (Å²) in [6.07, 6.45) is 23.8. The molecule has 4 unspecified atom stereocenters. The summed E-state index contributed by atoms with van der Waals surface area (Å²) in [5.41, 5.74) is 18.1. The van der Waals surface area contributed by atoms with Gasteiger partial charge < -0.3 is 9.80 Å². The Hall–Kier alpha value is -3.82. The van der Waals surface area contributed by atoms with E-state index >= 15 is 0 Å². The molecule has 0 fully saturated rings. The Bertz CT molecular complexity index is 1610. The van der Waals surface area contributed by atoms with Gasteiger partial charge in [-0.25, -0.2) is 0 Å². The van der Waals surface area contributed by atoms with Crippen LogP contribution >= 0.6 is 0 Å². The Morgan fingerprint density at radius 2 is 0.955 bits per heavy atom. The van der Waals surface area contributed by atoms with E-state index in [2.05, 4.69) is 169 Å². The van der Waals surface area contributed by atoms with Gasteiger partial charge in [0.1, 0.15) is 0 Å². The van der Waals surface area contributed by atoms with Crippen molar-refractivity contribution >= 4 is 20.2 Å². The number of hydrogen-bond acceptors (Lipinski definition) is 2. The van der Waals surface area contributed by atoms with E-state index in [4.69, 9.17) is 0 Å². The molecule has 0 amide bonds. The summed E-state index contributed by atoms with van der Waals surface area (Å²) in [4.78, 5) is 4.41. The van der Waals surface area contributed by atoms with Crippen molar-refractivity contribution in [1.29, 1.82) is 0 Å². The molecule has 4 aliphatic rings. The van der Waals surface area contributed by atoms with Crippen LogP contribution in [0.15, 0.2) is 131 Å². The van der Waals surface area contributed by atoms with E-state index in [1.165, 1.54) is 67.1 Å². The third-order valence-electron chi connectivity index (χ3n) is 10.1. The standard InChI is InChI=1S/C41H47N2Si/c1-26-22-30(18-20-38(26)42(5)6)32-14-10-12-16-34-36(32)24-28(3)40(34)44(9)41-29(4)25-37-33(15-11-13-17-35(37)41)31-19-21-39(43(7)8)27(2)23-31/h10-25,32-33,40-41H,1-9H3. The zero-order valence-corrected chi connectivity index (χ0v) is 28.9. The van der Waals surface area contributed by atoms with Crippen LogP contribution in [0.25, 0.3) is 0 Å². The minimum absolute atomic E-state index is 0.277. The number of aryl methyl sites for hydroxylation is 2. The van der Waals surface area contributed by atoms with Gasteiger partial charge in [-0.1, -0.05) is 103 Å². The van der Waals surface area contributed by atoms with Crippen LogP contribution in [-0.4, -0.2) is 37.0 Å². The molecule has 4 aliphatic carbocycles. The van der Waals surface area contributed by atoms with Gasteiger partial charge in [-0.2, -0.15) is 0 Å². The minimum atomic E-state index is -0.896. The fraction of sp³-hybridized carbons (Fsp3) is 0.317. The van der Waals surface area contributed by atoms with Gasteiger partial charge in [0.05, 0.1) is 8.80 Å². The third kappa shape index (κ3) is 5.26. The Balaban J connectivity index is 1.36. The van der Waals surface area contributed by atoms with Crippen LogP contribution in [0.2, 0.25) is 17.6 Å². The van der Waals surface area contributed by atoms with Crippen molar-refractivity contribution in [2.75, 3.05) is 38.0 Å². The molecular weight excluding hydrogens is 549 g/mol. The van der Waals surface area contributed by atoms with Gasteiger partial charge >= 0.3 is 0 Å². The lowest BCUT2D eigenvalue weighted by Gasteiger charge is -2.30. The normalized spacial score (nSPS) is 24.0. The van der Waals surface area contributed by atoms with Crippen molar-refractivity contribution in [3.05, 3.63) is 153 Å². The monoisotopic (exact) mass is 595 g/mol. The van der Waals surface area contributed by atoms with E-state index in [1.54, 1.807) is 0 Å². The maximum Gasteiger partial charge on any atom is 0.0717 e. The number of allylic oxidation sites excluding steroid dienone is 16. The van der Waals surface area contributed by atoms with Crippen molar-refractivity contribution in [2.24, 2.45) is 0 Å². The number of rotatable bonds is 6. The first-order chi connectivity index (χ1) is 21.1. The average Bonchev–Trinajstić information content (AvgIpc) is 3.28. The molecule has 0 heterocycles. The van der Waals surface area contributed by atoms with E-state index in [1.807, 2.05) is 0 Å². The number of hydrogen-bond donors (Lipinski definition) is 0. The topological polar surface area (TPSA) is 6.48 Å². The average molecular weight is 596 g/mol. The molecule has 3 heteroatoms. The molecule has 0 aliphatic heterocycles. The maximum absolute atomic E-state index is 2.59. The second kappa shape index (κ2) is 11.9. The fourth-order valence-electron chi connectivity index (χ4n) is 8.15. The van der Waals surface area contributed by atoms with Crippen molar-refractivity contribution in [3.8, 4) is 0 Å². The predicted molar refractivity (Wildman–Crippen MR) is 194 cm³/mol. The molecule has 0 spiro atoms. The summed E-state index contributed by atoms with van der Waals surface area (Å²) in [7, 11) is 7.61. The highest BCUT2D eigenvalue weighted by Crippen LogP contribution is 2.54. The summed E-state index contributed by atoms with van der Waals surface area (Å²) in [6, 6.07) is 14.0. The molecule has 2 nitrogen and oxygen atoms in total. The summed E-state index contributed by atoms with van der Waals surface area (Å²) in [5, 5.41) is 0. The van der Waals surface area contributed by atoms with Gasteiger partial charge in [-0.3, -0.25) is 0 Å². The molecule has 1 radical (unpaired) electrons. The molecular formula is C41H47N2Si. The predicted octanol–water partition coefficient (Wildman–Crippen LogP) is 9.93. The molecule has 0 aromatic heterocycles. The largest absolute Gasteiger partial charge is 0.377 e. The van der Waals surface area contributed by atoms with Crippen LogP contribution in [-0.2, 0) is 0 Å². The molecule has 2 aromatic rings. The van der Waals surface area contributed by atoms with Gasteiger partial charge in [0, 0.05) is 51.4 Å². The van der Waals surface area contributed by atoms with E-state index in [-0.39, 0.29) is 11.8 Å². The summed E-state index contributed by atoms with van der Waals surface area (Å²) >= 11 is 0. The van der Waals surface area contributed by atoms with Crippen molar-refractivity contribution in [1.82, 2.24) is 0 Å². The lowest BCUT2D eigenvalue weighted by Crippen LogP contribution is -2.25. The Labute approximate surface area is 267 Å². The fourth-order valence-corrected chi connectivity index (χ4v) is 11.6. The first kappa shape index (κ1) is 30.2. The van der Waals surface area contributed by atoms with Crippen molar-refractivity contribution < 1.29 is 0 Å². The SMILES string of the molecule is CC1=CC2=C(C=CC=CC2c2ccc(N(C)C)c(C)c2)C1[Si](C)C1C(C)=CC2=C1C=CC=CC2c1ccc(N(C)C)c(C)c1. The highest BCUT2D eigenvalue weighted by molar-refractivity contribution is 6.64. The number of anilines is 2. The van der Waals surface area contributed by atoms with Gasteiger partial charge in [-0.15, -0.1) is 0 Å². The first-order valence-corrected chi connectivity index (χ1v) is 18.2. The Morgan fingerprint density at radius 3 is 1.32 bits per heavy atom. The quantitative estimate of drug-likeness (QED) is 0.307. The van der Waals surface area contributed by atoms with Crippen LogP contribution in [0.1, 0.15) is 47.9 Å². The zero-order valence-electron chi connectivity index (χ0n) is 27.9. The molecule has 0 saturated carbocycles. The number of benzene rings is 2. The summed E-state index contributed by atoms with van der Waals surface area (Å²) in [5.74, 6) is 0.554. The molecule has 4 atom stereocenters. The second-order valence-corrected chi connectivity index (χ2v) is 16.2. The first-order valence-electron chi connectivity index (χ1n) is 16.0. The lowest BCUT2D eigenvalue weighted by atomic mass is 9.88. The molecule has 2 aromatic carbocycles. The van der Waals surface area contributed by atoms with E-state index < -0.39 is 8.80 Å². The zero-order chi connectivity index (χ0) is 31.3. The molecule has 6 rings (SSSR count). The van der Waals surface area contributed by atoms with Crippen LogP contribution < -0.4 is 9.80 Å². The van der Waals surface area contributed by atoms with Gasteiger partial charge in [0.2, 0.25) is 0 Å². The lowest BCUT2D eigenvalue weighted by molar-refractivity contribution is 0.992. The third-order valence-corrected chi connectivity index (χ3v) is 13.4. The molecule has 225 valence electrons. The van der Waals surface area contributed by atoms with Crippen LogP contribution in [0.5, 0.6) is 0 Å². The van der Waals surface area contributed by atoms with Gasteiger partial charge in [0.25, 0.3) is 0 Å². The smallest absolute Gasteiger partial charge is 0.0717 e. The molecule has 44 heavy (non-hydrogen) atoms. The van der Waals surface area contributed by atoms with E-state index in [0.717, 1.165) is 0 Å². The van der Waals surface area contributed by atoms with E-state index in [0.29, 0.717) is 11.1 Å². The Kier molecular flexibility index (Phi) is 8.19. The highest BCUT2D eigenvalue weighted by atomic mass is 28.3. The molecule has 0 bridgehead atoms. The van der Waals surface area contributed by atoms with Crippen LogP contribution in [0, 0.1) is 13.8 Å². The molecule has 0 saturated heterocycles. The number of nitrogens with zero attached hydrogens (tertiary/aromatic N) is 2. The molecule has 0 N–H and O–H groups in total.